The minimum Gasteiger partial charge on any atom is -0.385 e. The summed E-state index contributed by atoms with van der Waals surface area (Å²) in [5.74, 6) is 0.165. The van der Waals surface area contributed by atoms with E-state index in [1.54, 1.807) is 19.4 Å². The number of para-hydroxylation sites is 2. The van der Waals surface area contributed by atoms with Gasteiger partial charge in [0, 0.05) is 39.5 Å². The molecule has 1 aliphatic heterocycles. The number of carbonyl (C=O) groups is 1. The van der Waals surface area contributed by atoms with E-state index in [4.69, 9.17) is 9.47 Å². The molecule has 0 bridgehead atoms. The molecule has 1 fully saturated rings. The summed E-state index contributed by atoms with van der Waals surface area (Å²) in [5.41, 5.74) is 2.30. The van der Waals surface area contributed by atoms with E-state index in [-0.39, 0.29) is 5.91 Å². The van der Waals surface area contributed by atoms with Crippen LogP contribution in [0.4, 0.5) is 17.3 Å². The van der Waals surface area contributed by atoms with Crippen LogP contribution in [0.1, 0.15) is 16.9 Å². The molecule has 0 unspecified atom stereocenters. The van der Waals surface area contributed by atoms with Crippen LogP contribution in [0.3, 0.4) is 0 Å². The molecule has 0 radical (unpaired) electrons. The van der Waals surface area contributed by atoms with E-state index in [2.05, 4.69) is 31.6 Å². The molecule has 0 spiro atoms. The number of methoxy groups -OCH3 is 1. The Kier molecular flexibility index (Phi) is 6.95. The first kappa shape index (κ1) is 19.1. The second kappa shape index (κ2) is 9.84. The Morgan fingerprint density at radius 1 is 1.26 bits per heavy atom. The van der Waals surface area contributed by atoms with Gasteiger partial charge < -0.3 is 25.0 Å². The van der Waals surface area contributed by atoms with E-state index in [1.165, 1.54) is 0 Å². The normalized spacial score (nSPS) is 14.0. The average molecular weight is 371 g/mol. The van der Waals surface area contributed by atoms with E-state index < -0.39 is 0 Å². The fourth-order valence-electron chi connectivity index (χ4n) is 2.83. The third-order valence-corrected chi connectivity index (χ3v) is 4.20. The number of anilines is 3. The van der Waals surface area contributed by atoms with Crippen LogP contribution in [0.15, 0.2) is 36.5 Å². The highest BCUT2D eigenvalue weighted by atomic mass is 16.5. The lowest BCUT2D eigenvalue weighted by Gasteiger charge is -2.30. The van der Waals surface area contributed by atoms with Crippen molar-refractivity contribution in [3.05, 3.63) is 42.2 Å². The van der Waals surface area contributed by atoms with Crippen LogP contribution in [-0.4, -0.2) is 62.4 Å². The quantitative estimate of drug-likeness (QED) is 0.684. The first-order chi connectivity index (χ1) is 13.3. The van der Waals surface area contributed by atoms with Crippen LogP contribution < -0.4 is 15.5 Å². The zero-order valence-corrected chi connectivity index (χ0v) is 15.5. The number of hydrogen-bond acceptors (Lipinski definition) is 7. The lowest BCUT2D eigenvalue weighted by molar-refractivity contribution is 0.0943. The van der Waals surface area contributed by atoms with Crippen LogP contribution in [0.2, 0.25) is 0 Å². The predicted octanol–water partition coefficient (Wildman–Crippen LogP) is 1.82. The summed E-state index contributed by atoms with van der Waals surface area (Å²) in [6.07, 6.45) is 2.34. The summed E-state index contributed by atoms with van der Waals surface area (Å²) in [6, 6.07) is 9.59. The number of ether oxygens (including phenoxy) is 2. The number of nitrogens with one attached hydrogen (secondary N) is 2. The predicted molar refractivity (Wildman–Crippen MR) is 104 cm³/mol. The molecule has 1 aromatic carbocycles. The van der Waals surface area contributed by atoms with Crippen LogP contribution >= 0.6 is 0 Å². The molecule has 1 amide bonds. The topological polar surface area (TPSA) is 88.6 Å². The first-order valence-electron chi connectivity index (χ1n) is 9.07. The highest BCUT2D eigenvalue weighted by Crippen LogP contribution is 2.28. The number of amides is 1. The lowest BCUT2D eigenvalue weighted by Crippen LogP contribution is -2.36. The summed E-state index contributed by atoms with van der Waals surface area (Å²) < 4.78 is 10.4. The lowest BCUT2D eigenvalue weighted by atomic mass is 10.2. The molecule has 2 N–H and O–H groups in total. The molecule has 0 atom stereocenters. The van der Waals surface area contributed by atoms with Gasteiger partial charge in [0.2, 0.25) is 5.95 Å². The molecule has 0 saturated carbocycles. The largest absolute Gasteiger partial charge is 0.385 e. The van der Waals surface area contributed by atoms with Gasteiger partial charge in [-0.25, -0.2) is 9.97 Å². The SMILES string of the molecule is COCCCNC(=O)c1ccnc(Nc2ccccc2N2CCOCC2)n1. The molecule has 0 aliphatic carbocycles. The van der Waals surface area contributed by atoms with Crippen molar-refractivity contribution in [1.82, 2.24) is 15.3 Å². The minimum absolute atomic E-state index is 0.224. The second-order valence-electron chi connectivity index (χ2n) is 6.11. The summed E-state index contributed by atoms with van der Waals surface area (Å²) in [5, 5.41) is 6.07. The van der Waals surface area contributed by atoms with Crippen LogP contribution in [-0.2, 0) is 9.47 Å². The van der Waals surface area contributed by atoms with Crippen molar-refractivity contribution < 1.29 is 14.3 Å². The number of rotatable bonds is 8. The Morgan fingerprint density at radius 3 is 2.89 bits per heavy atom. The van der Waals surface area contributed by atoms with Gasteiger partial charge in [-0.1, -0.05) is 12.1 Å². The Morgan fingerprint density at radius 2 is 2.07 bits per heavy atom. The molecule has 1 aromatic heterocycles. The molecule has 144 valence electrons. The molecule has 27 heavy (non-hydrogen) atoms. The maximum Gasteiger partial charge on any atom is 0.270 e. The van der Waals surface area contributed by atoms with E-state index in [0.29, 0.717) is 38.0 Å². The summed E-state index contributed by atoms with van der Waals surface area (Å²) in [6.45, 7) is 4.24. The zero-order chi connectivity index (χ0) is 18.9. The average Bonchev–Trinajstić information content (AvgIpc) is 2.72. The Hall–Kier alpha value is -2.71. The van der Waals surface area contributed by atoms with Crippen molar-refractivity contribution in [3.63, 3.8) is 0 Å². The van der Waals surface area contributed by atoms with Crippen LogP contribution in [0.5, 0.6) is 0 Å². The van der Waals surface area contributed by atoms with Crippen LogP contribution in [0.25, 0.3) is 0 Å². The number of morpholine rings is 1. The van der Waals surface area contributed by atoms with Gasteiger partial charge in [-0.2, -0.15) is 0 Å². The van der Waals surface area contributed by atoms with E-state index >= 15 is 0 Å². The molecule has 3 rings (SSSR count). The standard InChI is InChI=1S/C19H25N5O3/c1-26-12-4-8-20-18(25)16-7-9-21-19(23-16)22-15-5-2-3-6-17(15)24-10-13-27-14-11-24/h2-3,5-7,9H,4,8,10-14H2,1H3,(H,20,25)(H,21,22,23). The van der Waals surface area contributed by atoms with Gasteiger partial charge in [0.1, 0.15) is 5.69 Å². The Balaban J connectivity index is 1.68. The van der Waals surface area contributed by atoms with Gasteiger partial charge >= 0.3 is 0 Å². The van der Waals surface area contributed by atoms with Gasteiger partial charge in [-0.15, -0.1) is 0 Å². The third kappa shape index (κ3) is 5.38. The molecule has 2 heterocycles. The number of aromatic nitrogens is 2. The van der Waals surface area contributed by atoms with E-state index in [0.717, 1.165) is 30.9 Å². The Bertz CT molecular complexity index is 750. The maximum atomic E-state index is 12.2. The molecule has 8 heteroatoms. The smallest absolute Gasteiger partial charge is 0.270 e. The van der Waals surface area contributed by atoms with Crippen molar-refractivity contribution in [2.45, 2.75) is 6.42 Å². The van der Waals surface area contributed by atoms with Gasteiger partial charge in [0.05, 0.1) is 24.6 Å². The van der Waals surface area contributed by atoms with Gasteiger partial charge in [0.25, 0.3) is 5.91 Å². The molecule has 1 saturated heterocycles. The van der Waals surface area contributed by atoms with Gasteiger partial charge in [0.15, 0.2) is 0 Å². The van der Waals surface area contributed by atoms with Gasteiger partial charge in [-0.3, -0.25) is 4.79 Å². The molecule has 1 aliphatic rings. The fraction of sp³-hybridized carbons (Fsp3) is 0.421. The van der Waals surface area contributed by atoms with Crippen molar-refractivity contribution in [3.8, 4) is 0 Å². The van der Waals surface area contributed by atoms with Crippen molar-refractivity contribution >= 4 is 23.2 Å². The number of nitrogens with zero attached hydrogens (tertiary/aromatic N) is 3. The Labute approximate surface area is 158 Å². The maximum absolute atomic E-state index is 12.2. The van der Waals surface area contributed by atoms with Crippen molar-refractivity contribution in [2.75, 3.05) is 56.8 Å². The minimum atomic E-state index is -0.224. The number of hydrogen-bond donors (Lipinski definition) is 2. The first-order valence-corrected chi connectivity index (χ1v) is 9.07. The third-order valence-electron chi connectivity index (χ3n) is 4.20. The van der Waals surface area contributed by atoms with Gasteiger partial charge in [-0.05, 0) is 24.6 Å². The fourth-order valence-corrected chi connectivity index (χ4v) is 2.83. The molecule has 8 nitrogen and oxygen atoms in total. The number of benzene rings is 1. The van der Waals surface area contributed by atoms with E-state index in [1.807, 2.05) is 18.2 Å². The van der Waals surface area contributed by atoms with Crippen molar-refractivity contribution in [1.29, 1.82) is 0 Å². The van der Waals surface area contributed by atoms with Crippen LogP contribution in [0, 0.1) is 0 Å². The summed E-state index contributed by atoms with van der Waals surface area (Å²) >= 11 is 0. The summed E-state index contributed by atoms with van der Waals surface area (Å²) in [7, 11) is 1.64. The second-order valence-corrected chi connectivity index (χ2v) is 6.11. The monoisotopic (exact) mass is 371 g/mol. The summed E-state index contributed by atoms with van der Waals surface area (Å²) in [4.78, 5) is 23.1. The molecular formula is C19H25N5O3. The highest BCUT2D eigenvalue weighted by molar-refractivity contribution is 5.92. The molecule has 2 aromatic rings. The highest BCUT2D eigenvalue weighted by Gasteiger charge is 2.15. The zero-order valence-electron chi connectivity index (χ0n) is 15.5. The number of carbonyl (C=O) groups excluding carboxylic acids is 1. The molecular weight excluding hydrogens is 346 g/mol. The van der Waals surface area contributed by atoms with E-state index in [9.17, 15) is 4.79 Å². The van der Waals surface area contributed by atoms with Crippen molar-refractivity contribution in [2.24, 2.45) is 0 Å².